The molecule has 0 amide bonds. The Kier molecular flexibility index (Phi) is 3.98. The summed E-state index contributed by atoms with van der Waals surface area (Å²) in [6.07, 6.45) is 3.42. The van der Waals surface area contributed by atoms with E-state index in [2.05, 4.69) is 25.5 Å². The molecule has 0 atom stereocenters. The van der Waals surface area contributed by atoms with Crippen LogP contribution in [0, 0.1) is 0 Å². The van der Waals surface area contributed by atoms with Crippen molar-refractivity contribution in [1.82, 2.24) is 34.7 Å². The summed E-state index contributed by atoms with van der Waals surface area (Å²) in [5, 5.41) is 17.7. The lowest BCUT2D eigenvalue weighted by Crippen LogP contribution is -2.23. The van der Waals surface area contributed by atoms with E-state index in [1.165, 1.54) is 16.4 Å². The van der Waals surface area contributed by atoms with Gasteiger partial charge in [-0.05, 0) is 24.3 Å². The zero-order chi connectivity index (χ0) is 17.2. The van der Waals surface area contributed by atoms with Gasteiger partial charge in [0.05, 0.1) is 11.3 Å². The fourth-order valence-electron chi connectivity index (χ4n) is 2.42. The van der Waals surface area contributed by atoms with E-state index in [0.29, 0.717) is 21.9 Å². The molecule has 0 bridgehead atoms. The smallest absolute Gasteiger partial charge is 0.278 e. The minimum absolute atomic E-state index is 0.172. The molecule has 0 unspecified atom stereocenters. The summed E-state index contributed by atoms with van der Waals surface area (Å²) in [5.74, 6) is 1.04. The van der Waals surface area contributed by atoms with Gasteiger partial charge in [-0.2, -0.15) is 4.68 Å². The molecule has 8 nitrogen and oxygen atoms in total. The summed E-state index contributed by atoms with van der Waals surface area (Å²) in [4.78, 5) is 16.5. The van der Waals surface area contributed by atoms with Gasteiger partial charge in [0, 0.05) is 25.0 Å². The molecule has 3 heterocycles. The Morgan fingerprint density at radius 3 is 2.68 bits per heavy atom. The standard InChI is InChI=1S/C16H13N7OS/c1-22-14(11-6-8-17-9-7-11)19-20-16(22)25-10-23-15(24)12-4-2-3-5-13(12)18-21-23/h2-9H,10H2,1H3. The van der Waals surface area contributed by atoms with Crippen LogP contribution in [0.4, 0.5) is 0 Å². The molecule has 0 saturated heterocycles. The molecular formula is C16H13N7OS. The highest BCUT2D eigenvalue weighted by molar-refractivity contribution is 7.98. The van der Waals surface area contributed by atoms with Gasteiger partial charge in [0.1, 0.15) is 5.52 Å². The maximum atomic E-state index is 12.5. The Bertz CT molecular complexity index is 1090. The van der Waals surface area contributed by atoms with Gasteiger partial charge in [-0.3, -0.25) is 9.78 Å². The molecule has 0 aliphatic rings. The van der Waals surface area contributed by atoms with E-state index in [9.17, 15) is 4.79 Å². The monoisotopic (exact) mass is 351 g/mol. The molecule has 25 heavy (non-hydrogen) atoms. The fourth-order valence-corrected chi connectivity index (χ4v) is 3.21. The highest BCUT2D eigenvalue weighted by Gasteiger charge is 2.12. The van der Waals surface area contributed by atoms with E-state index in [1.54, 1.807) is 24.5 Å². The van der Waals surface area contributed by atoms with Crippen LogP contribution in [0.3, 0.4) is 0 Å². The summed E-state index contributed by atoms with van der Waals surface area (Å²) in [7, 11) is 1.88. The largest absolute Gasteiger partial charge is 0.305 e. The first-order valence-corrected chi connectivity index (χ1v) is 8.48. The number of nitrogens with zero attached hydrogens (tertiary/aromatic N) is 7. The molecule has 9 heteroatoms. The molecule has 1 aromatic carbocycles. The van der Waals surface area contributed by atoms with Crippen LogP contribution in [0.2, 0.25) is 0 Å². The Morgan fingerprint density at radius 2 is 1.84 bits per heavy atom. The molecule has 4 aromatic rings. The number of hydrogen-bond donors (Lipinski definition) is 0. The van der Waals surface area contributed by atoms with Crippen LogP contribution in [-0.4, -0.2) is 34.7 Å². The highest BCUT2D eigenvalue weighted by Crippen LogP contribution is 2.22. The first kappa shape index (κ1) is 15.5. The summed E-state index contributed by atoms with van der Waals surface area (Å²) in [6, 6.07) is 10.9. The van der Waals surface area contributed by atoms with Crippen molar-refractivity contribution >= 4 is 22.7 Å². The van der Waals surface area contributed by atoms with E-state index in [-0.39, 0.29) is 5.56 Å². The summed E-state index contributed by atoms with van der Waals surface area (Å²) in [6.45, 7) is 0. The van der Waals surface area contributed by atoms with Crippen LogP contribution in [-0.2, 0) is 12.9 Å². The van der Waals surface area contributed by atoms with Crippen molar-refractivity contribution in [3.63, 3.8) is 0 Å². The normalized spacial score (nSPS) is 11.1. The molecule has 0 saturated carbocycles. The van der Waals surface area contributed by atoms with Crippen molar-refractivity contribution < 1.29 is 0 Å². The lowest BCUT2D eigenvalue weighted by Gasteiger charge is -2.05. The third kappa shape index (κ3) is 2.89. The van der Waals surface area contributed by atoms with E-state index in [1.807, 2.05) is 35.9 Å². The van der Waals surface area contributed by atoms with Crippen molar-refractivity contribution in [1.29, 1.82) is 0 Å². The van der Waals surface area contributed by atoms with Crippen LogP contribution in [0.1, 0.15) is 0 Å². The van der Waals surface area contributed by atoms with Crippen LogP contribution < -0.4 is 5.56 Å². The number of aromatic nitrogens is 7. The van der Waals surface area contributed by atoms with Gasteiger partial charge < -0.3 is 4.57 Å². The summed E-state index contributed by atoms with van der Waals surface area (Å²) in [5.41, 5.74) is 1.35. The van der Waals surface area contributed by atoms with Crippen LogP contribution in [0.5, 0.6) is 0 Å². The number of fused-ring (bicyclic) bond motifs is 1. The minimum atomic E-state index is -0.172. The van der Waals surface area contributed by atoms with Crippen molar-refractivity contribution in [3.8, 4) is 11.4 Å². The predicted molar refractivity (Wildman–Crippen MR) is 93.9 cm³/mol. The third-order valence-electron chi connectivity index (χ3n) is 3.72. The number of thioether (sulfide) groups is 1. The fraction of sp³-hybridized carbons (Fsp3) is 0.125. The second-order valence-corrected chi connectivity index (χ2v) is 6.20. The zero-order valence-corrected chi connectivity index (χ0v) is 14.1. The highest BCUT2D eigenvalue weighted by atomic mass is 32.2. The molecule has 0 aliphatic carbocycles. The Balaban J connectivity index is 1.59. The lowest BCUT2D eigenvalue weighted by atomic mass is 10.2. The van der Waals surface area contributed by atoms with Gasteiger partial charge in [0.2, 0.25) is 0 Å². The van der Waals surface area contributed by atoms with E-state index >= 15 is 0 Å². The van der Waals surface area contributed by atoms with Gasteiger partial charge in [0.15, 0.2) is 11.0 Å². The number of benzene rings is 1. The maximum absolute atomic E-state index is 12.5. The Hall–Kier alpha value is -3.07. The topological polar surface area (TPSA) is 91.4 Å². The summed E-state index contributed by atoms with van der Waals surface area (Å²) < 4.78 is 3.20. The first-order valence-electron chi connectivity index (χ1n) is 7.49. The SMILES string of the molecule is Cn1c(SCn2nnc3ccccc3c2=O)nnc1-c1ccncc1. The third-order valence-corrected chi connectivity index (χ3v) is 4.71. The second kappa shape index (κ2) is 6.44. The number of pyridine rings is 1. The first-order chi connectivity index (χ1) is 12.2. The molecule has 0 radical (unpaired) electrons. The molecule has 0 aliphatic heterocycles. The summed E-state index contributed by atoms with van der Waals surface area (Å²) >= 11 is 1.37. The van der Waals surface area contributed by atoms with Crippen molar-refractivity contribution in [2.45, 2.75) is 11.0 Å². The van der Waals surface area contributed by atoms with E-state index in [0.717, 1.165) is 11.4 Å². The average Bonchev–Trinajstić information content (AvgIpc) is 3.03. The maximum Gasteiger partial charge on any atom is 0.278 e. The second-order valence-electron chi connectivity index (χ2n) is 5.29. The van der Waals surface area contributed by atoms with Gasteiger partial charge in [-0.15, -0.1) is 15.3 Å². The van der Waals surface area contributed by atoms with Crippen molar-refractivity contribution in [2.75, 3.05) is 0 Å². The van der Waals surface area contributed by atoms with Crippen molar-refractivity contribution in [2.24, 2.45) is 7.05 Å². The van der Waals surface area contributed by atoms with Gasteiger partial charge >= 0.3 is 0 Å². The molecule has 0 N–H and O–H groups in total. The lowest BCUT2D eigenvalue weighted by molar-refractivity contribution is 0.642. The molecule has 0 fully saturated rings. The van der Waals surface area contributed by atoms with E-state index < -0.39 is 0 Å². The van der Waals surface area contributed by atoms with E-state index in [4.69, 9.17) is 0 Å². The average molecular weight is 351 g/mol. The van der Waals surface area contributed by atoms with Gasteiger partial charge in [-0.25, -0.2) is 0 Å². The minimum Gasteiger partial charge on any atom is -0.305 e. The quantitative estimate of drug-likeness (QED) is 0.517. The van der Waals surface area contributed by atoms with Crippen LogP contribution in [0.25, 0.3) is 22.3 Å². The Morgan fingerprint density at radius 1 is 1.04 bits per heavy atom. The number of hydrogen-bond acceptors (Lipinski definition) is 7. The molecule has 0 spiro atoms. The van der Waals surface area contributed by atoms with Crippen LogP contribution >= 0.6 is 11.8 Å². The Labute approximate surface area is 146 Å². The number of rotatable bonds is 4. The van der Waals surface area contributed by atoms with Crippen LogP contribution in [0.15, 0.2) is 58.7 Å². The zero-order valence-electron chi connectivity index (χ0n) is 13.3. The molecule has 4 rings (SSSR count). The van der Waals surface area contributed by atoms with Gasteiger partial charge in [-0.1, -0.05) is 29.1 Å². The molecule has 3 aromatic heterocycles. The molecular weight excluding hydrogens is 338 g/mol. The van der Waals surface area contributed by atoms with Gasteiger partial charge in [0.25, 0.3) is 5.56 Å². The predicted octanol–water partition coefficient (Wildman–Crippen LogP) is 1.73. The molecule has 124 valence electrons. The van der Waals surface area contributed by atoms with Crippen molar-refractivity contribution in [3.05, 3.63) is 59.1 Å².